The van der Waals surface area contributed by atoms with Crippen molar-refractivity contribution < 1.29 is 4.79 Å². The van der Waals surface area contributed by atoms with Crippen molar-refractivity contribution in [1.29, 1.82) is 0 Å². The number of nitrogens with two attached hydrogens (primary N) is 1. The van der Waals surface area contributed by atoms with E-state index in [1.165, 1.54) is 0 Å². The van der Waals surface area contributed by atoms with E-state index in [1.807, 2.05) is 29.6 Å². The van der Waals surface area contributed by atoms with Gasteiger partial charge in [0, 0.05) is 34.1 Å². The monoisotopic (exact) mass is 295 g/mol. The van der Waals surface area contributed by atoms with Gasteiger partial charge in [-0.15, -0.1) is 11.3 Å². The van der Waals surface area contributed by atoms with Gasteiger partial charge in [-0.25, -0.2) is 4.98 Å². The lowest BCUT2D eigenvalue weighted by atomic mass is 10.1. The van der Waals surface area contributed by atoms with Gasteiger partial charge in [-0.3, -0.25) is 4.79 Å². The van der Waals surface area contributed by atoms with Gasteiger partial charge < -0.3 is 11.1 Å². The fourth-order valence-corrected chi connectivity index (χ4v) is 2.54. The zero-order valence-electron chi connectivity index (χ0n) is 11.1. The molecule has 4 nitrogen and oxygen atoms in total. The van der Waals surface area contributed by atoms with Crippen LogP contribution in [0.5, 0.6) is 0 Å². The number of anilines is 2. The summed E-state index contributed by atoms with van der Waals surface area (Å²) in [6.07, 6.45) is 1.77. The molecule has 2 aromatic carbocycles. The van der Waals surface area contributed by atoms with Crippen LogP contribution in [-0.2, 0) is 0 Å². The third-order valence-electron chi connectivity index (χ3n) is 2.99. The first-order valence-electron chi connectivity index (χ1n) is 6.39. The van der Waals surface area contributed by atoms with Crippen LogP contribution in [0, 0.1) is 0 Å². The lowest BCUT2D eigenvalue weighted by Gasteiger charge is -2.06. The van der Waals surface area contributed by atoms with Crippen LogP contribution in [0.15, 0.2) is 60.1 Å². The van der Waals surface area contributed by atoms with Crippen molar-refractivity contribution in [3.63, 3.8) is 0 Å². The molecule has 0 fully saturated rings. The van der Waals surface area contributed by atoms with Gasteiger partial charge in [-0.05, 0) is 48.5 Å². The van der Waals surface area contributed by atoms with Crippen molar-refractivity contribution in [3.05, 3.63) is 65.7 Å². The number of aromatic nitrogens is 1. The number of carbonyl (C=O) groups is 1. The van der Waals surface area contributed by atoms with Crippen LogP contribution < -0.4 is 11.1 Å². The highest BCUT2D eigenvalue weighted by molar-refractivity contribution is 7.13. The molecule has 0 aliphatic carbocycles. The van der Waals surface area contributed by atoms with E-state index in [0.717, 1.165) is 16.3 Å². The predicted molar refractivity (Wildman–Crippen MR) is 86.4 cm³/mol. The van der Waals surface area contributed by atoms with E-state index in [4.69, 9.17) is 5.73 Å². The van der Waals surface area contributed by atoms with Gasteiger partial charge >= 0.3 is 0 Å². The van der Waals surface area contributed by atoms with Crippen LogP contribution in [-0.4, -0.2) is 10.9 Å². The molecule has 0 bridgehead atoms. The first-order valence-corrected chi connectivity index (χ1v) is 7.27. The maximum Gasteiger partial charge on any atom is 0.255 e. The minimum Gasteiger partial charge on any atom is -0.399 e. The van der Waals surface area contributed by atoms with Crippen LogP contribution in [0.25, 0.3) is 10.6 Å². The van der Waals surface area contributed by atoms with Crippen LogP contribution in [0.4, 0.5) is 11.4 Å². The molecule has 0 radical (unpaired) electrons. The number of carbonyl (C=O) groups excluding carboxylic acids is 1. The Morgan fingerprint density at radius 2 is 1.76 bits per heavy atom. The second-order valence-corrected chi connectivity index (χ2v) is 5.39. The highest BCUT2D eigenvalue weighted by atomic mass is 32.1. The summed E-state index contributed by atoms with van der Waals surface area (Å²) >= 11 is 1.58. The molecule has 0 saturated carbocycles. The lowest BCUT2D eigenvalue weighted by Crippen LogP contribution is -2.11. The Hall–Kier alpha value is -2.66. The molecule has 1 amide bonds. The SMILES string of the molecule is Nc1ccc(C(=O)Nc2ccc(-c3nccs3)cc2)cc1. The normalized spacial score (nSPS) is 10.3. The Morgan fingerprint density at radius 3 is 2.38 bits per heavy atom. The minimum atomic E-state index is -0.156. The molecule has 21 heavy (non-hydrogen) atoms. The molecule has 3 rings (SSSR count). The first kappa shape index (κ1) is 13.3. The first-order chi connectivity index (χ1) is 10.2. The van der Waals surface area contributed by atoms with Crippen LogP contribution >= 0.6 is 11.3 Å². The highest BCUT2D eigenvalue weighted by Gasteiger charge is 2.06. The van der Waals surface area contributed by atoms with E-state index >= 15 is 0 Å². The maximum absolute atomic E-state index is 12.1. The summed E-state index contributed by atoms with van der Waals surface area (Å²) in [5.74, 6) is -0.156. The summed E-state index contributed by atoms with van der Waals surface area (Å²) in [5.41, 5.74) is 8.61. The van der Waals surface area contributed by atoms with Gasteiger partial charge in [0.05, 0.1) is 0 Å². The second-order valence-electron chi connectivity index (χ2n) is 4.49. The van der Waals surface area contributed by atoms with E-state index in [9.17, 15) is 4.79 Å². The van der Waals surface area contributed by atoms with Crippen molar-refractivity contribution >= 4 is 28.6 Å². The molecule has 0 aliphatic rings. The molecule has 1 aromatic heterocycles. The molecular weight excluding hydrogens is 282 g/mol. The van der Waals surface area contributed by atoms with E-state index < -0.39 is 0 Å². The van der Waals surface area contributed by atoms with Gasteiger partial charge in [0.25, 0.3) is 5.91 Å². The fourth-order valence-electron chi connectivity index (χ4n) is 1.90. The summed E-state index contributed by atoms with van der Waals surface area (Å²) in [5, 5.41) is 5.75. The Bertz CT molecular complexity index is 734. The Labute approximate surface area is 126 Å². The molecule has 0 atom stereocenters. The van der Waals surface area contributed by atoms with Gasteiger partial charge in [0.15, 0.2) is 0 Å². The Balaban J connectivity index is 1.73. The molecule has 0 saturated heterocycles. The standard InChI is InChI=1S/C16H13N3OS/c17-13-5-1-11(2-6-13)15(20)19-14-7-3-12(4-8-14)16-18-9-10-21-16/h1-10H,17H2,(H,19,20). The molecule has 3 N–H and O–H groups in total. The molecule has 0 spiro atoms. The number of nitrogens with zero attached hydrogens (tertiary/aromatic N) is 1. The van der Waals surface area contributed by atoms with Crippen molar-refractivity contribution in [2.75, 3.05) is 11.1 Å². The summed E-state index contributed by atoms with van der Waals surface area (Å²) in [4.78, 5) is 16.3. The van der Waals surface area contributed by atoms with Gasteiger partial charge in [-0.1, -0.05) is 0 Å². The number of hydrogen-bond acceptors (Lipinski definition) is 4. The van der Waals surface area contributed by atoms with Crippen LogP contribution in [0.2, 0.25) is 0 Å². The minimum absolute atomic E-state index is 0.156. The Morgan fingerprint density at radius 1 is 1.05 bits per heavy atom. The summed E-state index contributed by atoms with van der Waals surface area (Å²) in [6.45, 7) is 0. The summed E-state index contributed by atoms with van der Waals surface area (Å²) in [7, 11) is 0. The number of rotatable bonds is 3. The van der Waals surface area contributed by atoms with Crippen molar-refractivity contribution in [3.8, 4) is 10.6 Å². The largest absolute Gasteiger partial charge is 0.399 e. The van der Waals surface area contributed by atoms with Crippen LogP contribution in [0.3, 0.4) is 0 Å². The predicted octanol–water partition coefficient (Wildman–Crippen LogP) is 3.64. The van der Waals surface area contributed by atoms with Crippen LogP contribution in [0.1, 0.15) is 10.4 Å². The number of nitrogen functional groups attached to an aromatic ring is 1. The number of hydrogen-bond donors (Lipinski definition) is 2. The molecule has 5 heteroatoms. The third kappa shape index (κ3) is 3.09. The summed E-state index contributed by atoms with van der Waals surface area (Å²) in [6, 6.07) is 14.4. The van der Waals surface area contributed by atoms with Gasteiger partial charge in [-0.2, -0.15) is 0 Å². The molecule has 0 unspecified atom stereocenters. The molecule has 0 aliphatic heterocycles. The lowest BCUT2D eigenvalue weighted by molar-refractivity contribution is 0.102. The quantitative estimate of drug-likeness (QED) is 0.725. The average Bonchev–Trinajstić information content (AvgIpc) is 3.03. The molecule has 104 valence electrons. The molecular formula is C16H13N3OS. The molecule has 1 heterocycles. The molecule has 3 aromatic rings. The van der Waals surface area contributed by atoms with Crippen molar-refractivity contribution in [2.45, 2.75) is 0 Å². The van der Waals surface area contributed by atoms with Crippen molar-refractivity contribution in [1.82, 2.24) is 4.98 Å². The van der Waals surface area contributed by atoms with E-state index in [-0.39, 0.29) is 5.91 Å². The second kappa shape index (κ2) is 5.76. The van der Waals surface area contributed by atoms with Gasteiger partial charge in [0.1, 0.15) is 5.01 Å². The number of amides is 1. The Kier molecular flexibility index (Phi) is 3.66. The van der Waals surface area contributed by atoms with Crippen molar-refractivity contribution in [2.24, 2.45) is 0 Å². The fraction of sp³-hybridized carbons (Fsp3) is 0. The zero-order valence-corrected chi connectivity index (χ0v) is 11.9. The number of benzene rings is 2. The highest BCUT2D eigenvalue weighted by Crippen LogP contribution is 2.23. The van der Waals surface area contributed by atoms with Gasteiger partial charge in [0.2, 0.25) is 0 Å². The number of thiazole rings is 1. The topological polar surface area (TPSA) is 68.0 Å². The average molecular weight is 295 g/mol. The number of nitrogens with one attached hydrogen (secondary N) is 1. The third-order valence-corrected chi connectivity index (χ3v) is 3.82. The smallest absolute Gasteiger partial charge is 0.255 e. The van der Waals surface area contributed by atoms with E-state index in [1.54, 1.807) is 41.8 Å². The zero-order chi connectivity index (χ0) is 14.7. The maximum atomic E-state index is 12.1. The van der Waals surface area contributed by atoms with E-state index in [2.05, 4.69) is 10.3 Å². The van der Waals surface area contributed by atoms with E-state index in [0.29, 0.717) is 11.3 Å². The summed E-state index contributed by atoms with van der Waals surface area (Å²) < 4.78 is 0.